The number of hydrogen-bond acceptors (Lipinski definition) is 4. The minimum absolute atomic E-state index is 0.134. The summed E-state index contributed by atoms with van der Waals surface area (Å²) in [7, 11) is 1.21. The van der Waals surface area contributed by atoms with Crippen LogP contribution in [0, 0.1) is 6.92 Å². The van der Waals surface area contributed by atoms with Crippen LogP contribution in [0.5, 0.6) is 0 Å². The highest BCUT2D eigenvalue weighted by Crippen LogP contribution is 2.33. The minimum Gasteiger partial charge on any atom is -0.468 e. The molecule has 0 aliphatic heterocycles. The second-order valence-electron chi connectivity index (χ2n) is 4.90. The molecule has 0 unspecified atom stereocenters. The SMILES string of the molecule is COC(=O)CNc1c(C)c(C(=O)C(F)(F)F)cc2ccccc12. The number of methoxy groups -OCH3 is 1. The molecule has 0 saturated carbocycles. The molecule has 0 fully saturated rings. The highest BCUT2D eigenvalue weighted by atomic mass is 19.4. The van der Waals surface area contributed by atoms with Crippen molar-refractivity contribution in [1.29, 1.82) is 0 Å². The first-order valence-corrected chi connectivity index (χ1v) is 6.70. The number of nitrogens with one attached hydrogen (secondary N) is 1. The fraction of sp³-hybridized carbons (Fsp3) is 0.250. The van der Waals surface area contributed by atoms with Crippen molar-refractivity contribution in [2.75, 3.05) is 19.0 Å². The Morgan fingerprint density at radius 3 is 2.48 bits per heavy atom. The largest absolute Gasteiger partial charge is 0.468 e. The molecule has 122 valence electrons. The molecule has 4 nitrogen and oxygen atoms in total. The van der Waals surface area contributed by atoms with Gasteiger partial charge < -0.3 is 10.1 Å². The minimum atomic E-state index is -4.97. The van der Waals surface area contributed by atoms with Gasteiger partial charge in [-0.25, -0.2) is 0 Å². The quantitative estimate of drug-likeness (QED) is 0.691. The number of fused-ring (bicyclic) bond motifs is 1. The zero-order chi connectivity index (χ0) is 17.2. The summed E-state index contributed by atoms with van der Waals surface area (Å²) >= 11 is 0. The molecule has 2 rings (SSSR count). The Hall–Kier alpha value is -2.57. The van der Waals surface area contributed by atoms with Crippen LogP contribution in [-0.2, 0) is 9.53 Å². The molecule has 0 aliphatic rings. The molecule has 2 aromatic rings. The highest BCUT2D eigenvalue weighted by Gasteiger charge is 2.40. The lowest BCUT2D eigenvalue weighted by Crippen LogP contribution is -2.24. The molecular weight excluding hydrogens is 311 g/mol. The summed E-state index contributed by atoms with van der Waals surface area (Å²) in [5.74, 6) is -2.48. The number of ketones is 1. The monoisotopic (exact) mass is 325 g/mol. The van der Waals surface area contributed by atoms with Crippen molar-refractivity contribution in [2.45, 2.75) is 13.1 Å². The van der Waals surface area contributed by atoms with Crippen molar-refractivity contribution in [3.63, 3.8) is 0 Å². The van der Waals surface area contributed by atoms with Crippen LogP contribution >= 0.6 is 0 Å². The van der Waals surface area contributed by atoms with Gasteiger partial charge in [0, 0.05) is 16.6 Å². The maximum atomic E-state index is 12.8. The number of esters is 1. The van der Waals surface area contributed by atoms with E-state index in [0.29, 0.717) is 16.5 Å². The fourth-order valence-electron chi connectivity index (χ4n) is 2.30. The zero-order valence-corrected chi connectivity index (χ0v) is 12.5. The van der Waals surface area contributed by atoms with Crippen LogP contribution in [0.25, 0.3) is 10.8 Å². The topological polar surface area (TPSA) is 55.4 Å². The van der Waals surface area contributed by atoms with Crippen LogP contribution < -0.4 is 5.32 Å². The number of anilines is 1. The lowest BCUT2D eigenvalue weighted by molar-refractivity contribution is -0.138. The molecule has 0 aromatic heterocycles. The summed E-state index contributed by atoms with van der Waals surface area (Å²) in [5, 5.41) is 3.85. The van der Waals surface area contributed by atoms with Gasteiger partial charge in [-0.2, -0.15) is 13.2 Å². The van der Waals surface area contributed by atoms with Crippen LogP contribution in [-0.4, -0.2) is 31.6 Å². The second kappa shape index (κ2) is 6.28. The van der Waals surface area contributed by atoms with Crippen molar-refractivity contribution < 1.29 is 27.5 Å². The van der Waals surface area contributed by atoms with E-state index in [4.69, 9.17) is 0 Å². The Bertz CT molecular complexity index is 769. The number of alkyl halides is 3. The predicted molar refractivity (Wildman–Crippen MR) is 79.6 cm³/mol. The van der Waals surface area contributed by atoms with E-state index in [0.717, 1.165) is 0 Å². The molecule has 0 bridgehead atoms. The standard InChI is InChI=1S/C16H14F3NO3/c1-9-12(15(22)16(17,18)19)7-10-5-3-4-6-11(10)14(9)20-8-13(21)23-2/h3-7,20H,8H2,1-2H3. The van der Waals surface area contributed by atoms with E-state index in [-0.39, 0.29) is 12.1 Å². The van der Waals surface area contributed by atoms with E-state index >= 15 is 0 Å². The molecule has 23 heavy (non-hydrogen) atoms. The highest BCUT2D eigenvalue weighted by molar-refractivity contribution is 6.08. The van der Waals surface area contributed by atoms with Crippen molar-refractivity contribution in [2.24, 2.45) is 0 Å². The third-order valence-electron chi connectivity index (χ3n) is 3.45. The third kappa shape index (κ3) is 3.44. The van der Waals surface area contributed by atoms with Crippen molar-refractivity contribution in [1.82, 2.24) is 0 Å². The van der Waals surface area contributed by atoms with Gasteiger partial charge >= 0.3 is 12.1 Å². The fourth-order valence-corrected chi connectivity index (χ4v) is 2.30. The summed E-state index contributed by atoms with van der Waals surface area (Å²) in [4.78, 5) is 22.9. The van der Waals surface area contributed by atoms with Gasteiger partial charge in [0.25, 0.3) is 5.78 Å². The van der Waals surface area contributed by atoms with E-state index in [2.05, 4.69) is 10.1 Å². The van der Waals surface area contributed by atoms with E-state index in [1.54, 1.807) is 24.3 Å². The van der Waals surface area contributed by atoms with Gasteiger partial charge in [0.2, 0.25) is 0 Å². The number of carbonyl (C=O) groups is 2. The smallest absolute Gasteiger partial charge is 0.454 e. The Labute approximate surface area is 130 Å². The van der Waals surface area contributed by atoms with Gasteiger partial charge in [0.1, 0.15) is 6.54 Å². The zero-order valence-electron chi connectivity index (χ0n) is 12.5. The normalized spacial score (nSPS) is 11.3. The van der Waals surface area contributed by atoms with Gasteiger partial charge in [-0.3, -0.25) is 9.59 Å². The molecule has 7 heteroatoms. The lowest BCUT2D eigenvalue weighted by atomic mass is 9.96. The van der Waals surface area contributed by atoms with Crippen molar-refractivity contribution in [3.05, 3.63) is 41.5 Å². The number of ether oxygens (including phenoxy) is 1. The first-order chi connectivity index (χ1) is 10.8. The number of benzene rings is 2. The summed E-state index contributed by atoms with van der Waals surface area (Å²) < 4.78 is 42.8. The molecule has 0 amide bonds. The first-order valence-electron chi connectivity index (χ1n) is 6.70. The Morgan fingerprint density at radius 1 is 1.22 bits per heavy atom. The maximum Gasteiger partial charge on any atom is 0.454 e. The van der Waals surface area contributed by atoms with E-state index in [1.807, 2.05) is 0 Å². The van der Waals surface area contributed by atoms with E-state index in [9.17, 15) is 22.8 Å². The van der Waals surface area contributed by atoms with Gasteiger partial charge in [-0.05, 0) is 23.9 Å². The Kier molecular flexibility index (Phi) is 4.58. The maximum absolute atomic E-state index is 12.8. The molecule has 0 spiro atoms. The second-order valence-corrected chi connectivity index (χ2v) is 4.90. The molecule has 0 radical (unpaired) electrons. The molecular formula is C16H14F3NO3. The van der Waals surface area contributed by atoms with E-state index in [1.165, 1.54) is 20.1 Å². The molecule has 0 heterocycles. The van der Waals surface area contributed by atoms with Gasteiger partial charge in [-0.15, -0.1) is 0 Å². The number of Topliss-reactive ketones (excluding diaryl/α,β-unsaturated/α-hetero) is 1. The summed E-state index contributed by atoms with van der Waals surface area (Å²) in [5.41, 5.74) is -0.000376. The Balaban J connectivity index is 2.60. The average Bonchev–Trinajstić information content (AvgIpc) is 2.51. The van der Waals surface area contributed by atoms with Crippen molar-refractivity contribution in [3.8, 4) is 0 Å². The average molecular weight is 325 g/mol. The van der Waals surface area contributed by atoms with Crippen LogP contribution in [0.15, 0.2) is 30.3 Å². The van der Waals surface area contributed by atoms with Crippen LogP contribution in [0.3, 0.4) is 0 Å². The molecule has 0 atom stereocenters. The number of rotatable bonds is 4. The molecule has 0 saturated heterocycles. The third-order valence-corrected chi connectivity index (χ3v) is 3.45. The number of hydrogen-bond donors (Lipinski definition) is 1. The van der Waals surface area contributed by atoms with Gasteiger partial charge in [0.15, 0.2) is 0 Å². The summed E-state index contributed by atoms with van der Waals surface area (Å²) in [6.07, 6.45) is -4.97. The summed E-state index contributed by atoms with van der Waals surface area (Å²) in [6, 6.07) is 7.89. The summed E-state index contributed by atoms with van der Waals surface area (Å²) in [6.45, 7) is 1.19. The van der Waals surface area contributed by atoms with E-state index < -0.39 is 23.5 Å². The molecule has 2 aromatic carbocycles. The van der Waals surface area contributed by atoms with Gasteiger partial charge in [-0.1, -0.05) is 24.3 Å². The lowest BCUT2D eigenvalue weighted by Gasteiger charge is -2.16. The number of carbonyl (C=O) groups excluding carboxylic acids is 2. The molecule has 0 aliphatic carbocycles. The van der Waals surface area contributed by atoms with Crippen LogP contribution in [0.2, 0.25) is 0 Å². The predicted octanol–water partition coefficient (Wildman–Crippen LogP) is 3.48. The van der Waals surface area contributed by atoms with Crippen molar-refractivity contribution >= 4 is 28.2 Å². The van der Waals surface area contributed by atoms with Gasteiger partial charge in [0.05, 0.1) is 7.11 Å². The van der Waals surface area contributed by atoms with Crippen LogP contribution in [0.4, 0.5) is 18.9 Å². The Morgan fingerprint density at radius 2 is 1.87 bits per heavy atom. The molecule has 1 N–H and O–H groups in total. The number of halogens is 3. The first kappa shape index (κ1) is 16.8. The van der Waals surface area contributed by atoms with Crippen LogP contribution in [0.1, 0.15) is 15.9 Å².